The van der Waals surface area contributed by atoms with E-state index >= 15 is 0 Å². The lowest BCUT2D eigenvalue weighted by Crippen LogP contribution is -2.44. The van der Waals surface area contributed by atoms with Crippen LogP contribution in [0.1, 0.15) is 25.8 Å². The van der Waals surface area contributed by atoms with E-state index in [1.165, 1.54) is 53.1 Å². The lowest BCUT2D eigenvalue weighted by Gasteiger charge is -2.32. The van der Waals surface area contributed by atoms with E-state index in [1.807, 2.05) is 65.6 Å². The van der Waals surface area contributed by atoms with Crippen LogP contribution in [0, 0.1) is 0 Å². The van der Waals surface area contributed by atoms with Crippen molar-refractivity contribution >= 4 is 62.4 Å². The third kappa shape index (κ3) is 6.74. The summed E-state index contributed by atoms with van der Waals surface area (Å²) < 4.78 is 3.71. The van der Waals surface area contributed by atoms with Crippen molar-refractivity contribution in [2.45, 2.75) is 38.3 Å². The number of carbonyl (C=O) groups is 1. The highest BCUT2D eigenvalue weighted by molar-refractivity contribution is 8.03. The highest BCUT2D eigenvalue weighted by Gasteiger charge is 2.28. The molecule has 6 aromatic carbocycles. The Morgan fingerprint density at radius 1 is 0.717 bits per heavy atom. The Balaban J connectivity index is 1.06. The van der Waals surface area contributed by atoms with Crippen LogP contribution in [0.5, 0.6) is 0 Å². The molecule has 8 rings (SSSR count). The van der Waals surface area contributed by atoms with Gasteiger partial charge in [0.15, 0.2) is 0 Å². The van der Waals surface area contributed by atoms with Crippen molar-refractivity contribution in [1.29, 1.82) is 0 Å². The zero-order valence-electron chi connectivity index (χ0n) is 29.9. The molecule has 1 aromatic heterocycles. The first kappa shape index (κ1) is 34.5. The second-order valence-electron chi connectivity index (χ2n) is 13.1. The first-order chi connectivity index (χ1) is 25.9. The number of aryl methyl sites for hydroxylation is 1. The molecule has 1 aliphatic rings. The Morgan fingerprint density at radius 2 is 1.26 bits per heavy atom. The van der Waals surface area contributed by atoms with Crippen molar-refractivity contribution < 1.29 is 14.5 Å². The molecule has 0 saturated carbocycles. The number of aliphatic carboxylic acids is 1. The standard InChI is InChI=1S/C46H39N3O2S2/c1-4-47-40-28-36(34-18-16-33(17-19-34)32-12-8-6-9-13-32)22-26-42(40)52-44(47)30-45-48(5-2)41-29-37(23-27-43(41)53-45)35-20-24-39(25-21-35)49(31(3)46(50)51)38-14-10-7-11-15-38/h6-31H,4-5H2,1-3H3. The minimum Gasteiger partial charge on any atom is -0.548 e. The summed E-state index contributed by atoms with van der Waals surface area (Å²) in [5, 5.41) is 14.4. The first-order valence-corrected chi connectivity index (χ1v) is 19.6. The fourth-order valence-corrected chi connectivity index (χ4v) is 9.49. The van der Waals surface area contributed by atoms with Crippen LogP contribution in [0.15, 0.2) is 156 Å². The fourth-order valence-electron chi connectivity index (χ4n) is 7.12. The molecule has 1 atom stereocenters. The Morgan fingerprint density at radius 3 is 1.91 bits per heavy atom. The molecular weight excluding hydrogens is 691 g/mol. The largest absolute Gasteiger partial charge is 0.548 e. The molecule has 7 heteroatoms. The summed E-state index contributed by atoms with van der Waals surface area (Å²) >= 11 is 3.66. The van der Waals surface area contributed by atoms with Crippen LogP contribution in [-0.4, -0.2) is 18.6 Å². The van der Waals surface area contributed by atoms with Gasteiger partial charge in [-0.25, -0.2) is 0 Å². The highest BCUT2D eigenvalue weighted by Crippen LogP contribution is 2.48. The average molecular weight is 730 g/mol. The summed E-state index contributed by atoms with van der Waals surface area (Å²) in [7, 11) is 0. The van der Waals surface area contributed by atoms with Gasteiger partial charge in [-0.2, -0.15) is 4.57 Å². The third-order valence-electron chi connectivity index (χ3n) is 9.91. The number of nitrogens with zero attached hydrogens (tertiary/aromatic N) is 3. The number of para-hydroxylation sites is 1. The van der Waals surface area contributed by atoms with Crippen molar-refractivity contribution in [2.24, 2.45) is 0 Å². The molecule has 0 N–H and O–H groups in total. The molecule has 0 spiro atoms. The van der Waals surface area contributed by atoms with Gasteiger partial charge >= 0.3 is 0 Å². The van der Waals surface area contributed by atoms with Crippen LogP contribution in [0.25, 0.3) is 49.7 Å². The van der Waals surface area contributed by atoms with Gasteiger partial charge in [0, 0.05) is 28.9 Å². The van der Waals surface area contributed by atoms with Gasteiger partial charge in [-0.15, -0.1) is 0 Å². The Hall–Kier alpha value is -5.63. The van der Waals surface area contributed by atoms with E-state index in [4.69, 9.17) is 0 Å². The van der Waals surface area contributed by atoms with Crippen molar-refractivity contribution in [1.82, 2.24) is 0 Å². The van der Waals surface area contributed by atoms with Gasteiger partial charge in [0.25, 0.3) is 5.01 Å². The van der Waals surface area contributed by atoms with Crippen LogP contribution < -0.4 is 19.5 Å². The highest BCUT2D eigenvalue weighted by atomic mass is 32.2. The molecule has 0 saturated heterocycles. The number of fused-ring (bicyclic) bond motifs is 2. The summed E-state index contributed by atoms with van der Waals surface area (Å²) in [5.41, 5.74) is 11.1. The minimum atomic E-state index is -1.12. The lowest BCUT2D eigenvalue weighted by atomic mass is 10.0. The van der Waals surface area contributed by atoms with Crippen LogP contribution >= 0.6 is 23.1 Å². The number of rotatable bonds is 10. The van der Waals surface area contributed by atoms with E-state index in [2.05, 4.69) is 133 Å². The molecule has 0 bridgehead atoms. The zero-order chi connectivity index (χ0) is 36.5. The molecule has 1 aliphatic heterocycles. The van der Waals surface area contributed by atoms with Gasteiger partial charge in [-0.3, -0.25) is 0 Å². The van der Waals surface area contributed by atoms with Crippen molar-refractivity contribution in [2.75, 3.05) is 16.3 Å². The van der Waals surface area contributed by atoms with Gasteiger partial charge in [0.05, 0.1) is 28.8 Å². The first-order valence-electron chi connectivity index (χ1n) is 18.0. The minimum absolute atomic E-state index is 0.800. The SMILES string of the molecule is CCN1/C(=C/c2sc3ccc(-c4ccc(-c5ccccc5)cc4)cc3[n+]2CC)Sc2ccc(-c3ccc(N(c4ccccc4)C(C)C(=O)[O-])cc3)cc21. The average Bonchev–Trinajstić information content (AvgIpc) is 3.74. The van der Waals surface area contributed by atoms with Gasteiger partial charge in [0.1, 0.15) is 11.2 Å². The van der Waals surface area contributed by atoms with Crippen molar-refractivity contribution in [3.05, 3.63) is 156 Å². The number of carboxylic acid groups (broad SMARTS) is 1. The summed E-state index contributed by atoms with van der Waals surface area (Å²) in [6.45, 7) is 7.81. The van der Waals surface area contributed by atoms with Gasteiger partial charge < -0.3 is 19.7 Å². The second kappa shape index (κ2) is 14.8. The van der Waals surface area contributed by atoms with E-state index in [0.29, 0.717) is 0 Å². The maximum absolute atomic E-state index is 11.9. The second-order valence-corrected chi connectivity index (χ2v) is 15.2. The number of aromatic nitrogens is 1. The number of hydrogen-bond donors (Lipinski definition) is 0. The van der Waals surface area contributed by atoms with Crippen molar-refractivity contribution in [3.63, 3.8) is 0 Å². The summed E-state index contributed by atoms with van der Waals surface area (Å²) in [6.07, 6.45) is 2.35. The quantitative estimate of drug-likeness (QED) is 0.131. The number of hydrogen-bond acceptors (Lipinski definition) is 6. The number of thioether (sulfide) groups is 1. The van der Waals surface area contributed by atoms with Crippen molar-refractivity contribution in [3.8, 4) is 33.4 Å². The van der Waals surface area contributed by atoms with Gasteiger partial charge in [0.2, 0.25) is 5.52 Å². The Bertz CT molecular complexity index is 2440. The maximum Gasteiger partial charge on any atom is 0.265 e. The normalized spacial score (nSPS) is 13.7. The van der Waals surface area contributed by atoms with Gasteiger partial charge in [-0.05, 0) is 96.6 Å². The molecule has 5 nitrogen and oxygen atoms in total. The number of carboxylic acids is 1. The Labute approximate surface area is 319 Å². The summed E-state index contributed by atoms with van der Waals surface area (Å²) in [6, 6.07) is 49.7. The van der Waals surface area contributed by atoms with E-state index in [0.717, 1.165) is 35.6 Å². The summed E-state index contributed by atoms with van der Waals surface area (Å²) in [5.74, 6) is -1.12. The maximum atomic E-state index is 11.9. The third-order valence-corrected chi connectivity index (χ3v) is 12.1. The number of anilines is 3. The van der Waals surface area contributed by atoms with Crippen LogP contribution in [-0.2, 0) is 11.3 Å². The van der Waals surface area contributed by atoms with E-state index in [-0.39, 0.29) is 0 Å². The van der Waals surface area contributed by atoms with E-state index in [1.54, 1.807) is 11.8 Å². The molecule has 0 aliphatic carbocycles. The molecule has 0 fully saturated rings. The van der Waals surface area contributed by atoms with Crippen LogP contribution in [0.4, 0.5) is 17.1 Å². The molecule has 0 radical (unpaired) electrons. The van der Waals surface area contributed by atoms with E-state index < -0.39 is 12.0 Å². The molecule has 7 aromatic rings. The van der Waals surface area contributed by atoms with E-state index in [9.17, 15) is 9.90 Å². The van der Waals surface area contributed by atoms with Gasteiger partial charge in [-0.1, -0.05) is 120 Å². The molecule has 2 heterocycles. The van der Waals surface area contributed by atoms with Crippen LogP contribution in [0.2, 0.25) is 0 Å². The molecule has 1 unspecified atom stereocenters. The molecular formula is C46H39N3O2S2. The number of benzene rings is 6. The molecule has 0 amide bonds. The number of thiazole rings is 1. The predicted molar refractivity (Wildman–Crippen MR) is 220 cm³/mol. The smallest absolute Gasteiger partial charge is 0.265 e. The fraction of sp³-hybridized carbons (Fsp3) is 0.130. The lowest BCUT2D eigenvalue weighted by molar-refractivity contribution is -0.665. The zero-order valence-corrected chi connectivity index (χ0v) is 31.5. The molecule has 53 heavy (non-hydrogen) atoms. The topological polar surface area (TPSA) is 50.5 Å². The summed E-state index contributed by atoms with van der Waals surface area (Å²) in [4.78, 5) is 17.4. The number of carbonyl (C=O) groups excluding carboxylic acids is 1. The Kier molecular flexibility index (Phi) is 9.61. The van der Waals surface area contributed by atoms with Crippen LogP contribution in [0.3, 0.4) is 0 Å². The predicted octanol–water partition coefficient (Wildman–Crippen LogP) is 10.4. The monoisotopic (exact) mass is 729 g/mol. The molecule has 262 valence electrons.